The second-order valence-electron chi connectivity index (χ2n) is 4.67. The van der Waals surface area contributed by atoms with E-state index >= 15 is 0 Å². The first-order valence-electron chi connectivity index (χ1n) is 5.93. The molecule has 0 aromatic heterocycles. The van der Waals surface area contributed by atoms with Gasteiger partial charge >= 0.3 is 0 Å². The van der Waals surface area contributed by atoms with Gasteiger partial charge in [0.1, 0.15) is 0 Å². The normalized spacial score (nSPS) is 31.1. The summed E-state index contributed by atoms with van der Waals surface area (Å²) in [6.07, 6.45) is 3.51. The van der Waals surface area contributed by atoms with E-state index in [-0.39, 0.29) is 30.3 Å². The molecule has 2 aliphatic heterocycles. The molecule has 7 heteroatoms. The van der Waals surface area contributed by atoms with Gasteiger partial charge in [0.05, 0.1) is 11.9 Å². The molecular weight excluding hydrogens is 264 g/mol. The lowest BCUT2D eigenvalue weighted by atomic mass is 10.1. The Morgan fingerprint density at radius 2 is 2.06 bits per heavy atom. The van der Waals surface area contributed by atoms with Crippen molar-refractivity contribution in [3.8, 4) is 0 Å². The molecule has 0 bridgehead atoms. The Kier molecular flexibility index (Phi) is 5.66. The Morgan fingerprint density at radius 3 is 2.65 bits per heavy atom. The second-order valence-corrected chi connectivity index (χ2v) is 6.69. The third-order valence-corrected chi connectivity index (χ3v) is 5.15. The summed E-state index contributed by atoms with van der Waals surface area (Å²) >= 11 is 0. The van der Waals surface area contributed by atoms with Crippen LogP contribution in [0.2, 0.25) is 0 Å². The molecule has 0 radical (unpaired) electrons. The molecule has 0 aliphatic carbocycles. The summed E-state index contributed by atoms with van der Waals surface area (Å²) in [6, 6.07) is -0.00646. The second kappa shape index (κ2) is 6.33. The quantitative estimate of drug-likeness (QED) is 0.811. The van der Waals surface area contributed by atoms with Crippen LogP contribution in [0.5, 0.6) is 0 Å². The zero-order valence-electron chi connectivity index (χ0n) is 9.88. The van der Waals surface area contributed by atoms with Crippen LogP contribution in [0.4, 0.5) is 0 Å². The van der Waals surface area contributed by atoms with Gasteiger partial charge in [-0.2, -0.15) is 0 Å². The van der Waals surface area contributed by atoms with Crippen LogP contribution in [0.1, 0.15) is 25.7 Å². The third kappa shape index (κ3) is 4.06. The standard InChI is InChI=1S/C10H20N2O3S.ClH/c11-9-3-1-5-12(7-9)16(13,14)8-10-4-2-6-15-10;/h9-10H,1-8,11H2;1H/t9-,10?;/m1./s1. The van der Waals surface area contributed by atoms with Crippen molar-refractivity contribution in [2.24, 2.45) is 5.73 Å². The predicted molar refractivity (Wildman–Crippen MR) is 68.8 cm³/mol. The van der Waals surface area contributed by atoms with E-state index in [0.29, 0.717) is 19.7 Å². The number of hydrogen-bond donors (Lipinski definition) is 1. The summed E-state index contributed by atoms with van der Waals surface area (Å²) in [5, 5.41) is 0. The molecule has 0 saturated carbocycles. The van der Waals surface area contributed by atoms with Crippen molar-refractivity contribution in [2.45, 2.75) is 37.8 Å². The van der Waals surface area contributed by atoms with Crippen LogP contribution in [0.15, 0.2) is 0 Å². The van der Waals surface area contributed by atoms with Gasteiger partial charge in [0, 0.05) is 25.7 Å². The lowest BCUT2D eigenvalue weighted by Gasteiger charge is -2.30. The molecule has 2 atom stereocenters. The maximum atomic E-state index is 12.1. The van der Waals surface area contributed by atoms with Crippen molar-refractivity contribution < 1.29 is 13.2 Å². The molecule has 2 fully saturated rings. The summed E-state index contributed by atoms with van der Waals surface area (Å²) in [5.41, 5.74) is 5.79. The van der Waals surface area contributed by atoms with Gasteiger partial charge in [-0.25, -0.2) is 12.7 Å². The fourth-order valence-corrected chi connectivity index (χ4v) is 4.11. The Bertz CT molecular complexity index is 330. The summed E-state index contributed by atoms with van der Waals surface area (Å²) in [4.78, 5) is 0. The fourth-order valence-electron chi connectivity index (χ4n) is 2.34. The molecule has 0 spiro atoms. The van der Waals surface area contributed by atoms with Gasteiger partial charge in [-0.05, 0) is 25.7 Å². The summed E-state index contributed by atoms with van der Waals surface area (Å²) in [6.45, 7) is 1.78. The number of nitrogens with zero attached hydrogens (tertiary/aromatic N) is 1. The minimum atomic E-state index is -3.17. The SMILES string of the molecule is Cl.N[C@@H]1CCCN(S(=O)(=O)CC2CCCO2)C1. The number of ether oxygens (including phenoxy) is 1. The van der Waals surface area contributed by atoms with E-state index in [1.165, 1.54) is 4.31 Å². The zero-order chi connectivity index (χ0) is 11.6. The van der Waals surface area contributed by atoms with E-state index < -0.39 is 10.0 Å². The van der Waals surface area contributed by atoms with Gasteiger partial charge in [-0.1, -0.05) is 0 Å². The van der Waals surface area contributed by atoms with Crippen LogP contribution < -0.4 is 5.73 Å². The number of hydrogen-bond acceptors (Lipinski definition) is 4. The lowest BCUT2D eigenvalue weighted by molar-refractivity contribution is 0.126. The summed E-state index contributed by atoms with van der Waals surface area (Å²) in [5.74, 6) is 0.125. The van der Waals surface area contributed by atoms with E-state index in [1.807, 2.05) is 0 Å². The van der Waals surface area contributed by atoms with Crippen molar-refractivity contribution in [3.63, 3.8) is 0 Å². The van der Waals surface area contributed by atoms with E-state index in [4.69, 9.17) is 10.5 Å². The van der Waals surface area contributed by atoms with E-state index in [1.54, 1.807) is 0 Å². The van der Waals surface area contributed by atoms with Gasteiger partial charge in [-0.3, -0.25) is 0 Å². The van der Waals surface area contributed by atoms with Crippen LogP contribution in [-0.4, -0.2) is 50.3 Å². The van der Waals surface area contributed by atoms with Crippen molar-refractivity contribution in [3.05, 3.63) is 0 Å². The molecular formula is C10H21ClN2O3S. The molecule has 102 valence electrons. The molecule has 2 saturated heterocycles. The van der Waals surface area contributed by atoms with Crippen molar-refractivity contribution >= 4 is 22.4 Å². The highest BCUT2D eigenvalue weighted by Gasteiger charge is 2.31. The van der Waals surface area contributed by atoms with E-state index in [0.717, 1.165) is 25.7 Å². The zero-order valence-corrected chi connectivity index (χ0v) is 11.5. The summed E-state index contributed by atoms with van der Waals surface area (Å²) in [7, 11) is -3.17. The van der Waals surface area contributed by atoms with E-state index in [2.05, 4.69) is 0 Å². The maximum Gasteiger partial charge on any atom is 0.216 e. The van der Waals surface area contributed by atoms with Crippen molar-refractivity contribution in [1.82, 2.24) is 4.31 Å². The molecule has 17 heavy (non-hydrogen) atoms. The minimum Gasteiger partial charge on any atom is -0.377 e. The topological polar surface area (TPSA) is 72.6 Å². The number of nitrogens with two attached hydrogens (primary N) is 1. The molecule has 1 unspecified atom stereocenters. The molecule has 0 aromatic rings. The number of halogens is 1. The van der Waals surface area contributed by atoms with Gasteiger partial charge in [0.15, 0.2) is 0 Å². The van der Waals surface area contributed by atoms with Crippen LogP contribution in [0.25, 0.3) is 0 Å². The number of rotatable bonds is 3. The Hall–Kier alpha value is 0.120. The number of sulfonamides is 1. The predicted octanol–water partition coefficient (Wildman–Crippen LogP) is 0.340. The third-order valence-electron chi connectivity index (χ3n) is 3.23. The van der Waals surface area contributed by atoms with Crippen LogP contribution >= 0.6 is 12.4 Å². The molecule has 5 nitrogen and oxygen atoms in total. The first-order chi connectivity index (χ1) is 7.58. The molecule has 0 amide bonds. The highest BCUT2D eigenvalue weighted by molar-refractivity contribution is 7.89. The highest BCUT2D eigenvalue weighted by Crippen LogP contribution is 2.18. The molecule has 2 heterocycles. The Balaban J connectivity index is 0.00000144. The first-order valence-corrected chi connectivity index (χ1v) is 7.54. The molecule has 2 rings (SSSR count). The van der Waals surface area contributed by atoms with E-state index in [9.17, 15) is 8.42 Å². The van der Waals surface area contributed by atoms with Gasteiger partial charge in [0.2, 0.25) is 10.0 Å². The number of piperidine rings is 1. The molecule has 0 aromatic carbocycles. The minimum absolute atomic E-state index is 0. The van der Waals surface area contributed by atoms with Crippen molar-refractivity contribution in [2.75, 3.05) is 25.4 Å². The largest absolute Gasteiger partial charge is 0.377 e. The Morgan fingerprint density at radius 1 is 1.29 bits per heavy atom. The van der Waals surface area contributed by atoms with Crippen molar-refractivity contribution in [1.29, 1.82) is 0 Å². The highest BCUT2D eigenvalue weighted by atomic mass is 35.5. The fraction of sp³-hybridized carbons (Fsp3) is 1.00. The Labute approximate surface area is 109 Å². The lowest BCUT2D eigenvalue weighted by Crippen LogP contribution is -2.47. The van der Waals surface area contributed by atoms with Gasteiger partial charge < -0.3 is 10.5 Å². The van der Waals surface area contributed by atoms with Crippen LogP contribution in [-0.2, 0) is 14.8 Å². The van der Waals surface area contributed by atoms with Gasteiger partial charge in [-0.15, -0.1) is 12.4 Å². The monoisotopic (exact) mass is 284 g/mol. The maximum absolute atomic E-state index is 12.1. The van der Waals surface area contributed by atoms with Crippen LogP contribution in [0, 0.1) is 0 Å². The summed E-state index contributed by atoms with van der Waals surface area (Å²) < 4.78 is 31.1. The molecule has 2 N–H and O–H groups in total. The average Bonchev–Trinajstić information content (AvgIpc) is 2.70. The van der Waals surface area contributed by atoms with Crippen LogP contribution in [0.3, 0.4) is 0 Å². The smallest absolute Gasteiger partial charge is 0.216 e. The van der Waals surface area contributed by atoms with Gasteiger partial charge in [0.25, 0.3) is 0 Å². The average molecular weight is 285 g/mol. The molecule has 2 aliphatic rings. The first kappa shape index (κ1) is 15.2.